The van der Waals surface area contributed by atoms with Crippen LogP contribution >= 0.6 is 11.6 Å². The van der Waals surface area contributed by atoms with Gasteiger partial charge in [-0.05, 0) is 54.1 Å². The number of rotatable bonds is 5. The maximum absolute atomic E-state index is 12.9. The molecule has 0 saturated carbocycles. The third-order valence-corrected chi connectivity index (χ3v) is 6.80. The van der Waals surface area contributed by atoms with E-state index in [1.807, 2.05) is 6.07 Å². The number of halogens is 4. The average molecular weight is 510 g/mol. The van der Waals surface area contributed by atoms with E-state index in [1.54, 1.807) is 36.5 Å². The van der Waals surface area contributed by atoms with E-state index >= 15 is 0 Å². The molecule has 3 amide bonds. The summed E-state index contributed by atoms with van der Waals surface area (Å²) < 4.78 is 61.3. The van der Waals surface area contributed by atoms with Gasteiger partial charge < -0.3 is 4.90 Å². The van der Waals surface area contributed by atoms with E-state index in [9.17, 15) is 31.2 Å². The summed E-state index contributed by atoms with van der Waals surface area (Å²) in [5.41, 5.74) is -3.41. The standard InChI is InChI=1S/C22H15ClF3N3O4S/c23-16-3-1-2-15(11-16)19-10-14(8-9-27-19)12-28-13-20(30)29(21(28)31)17-4-6-18(7-5-17)34(32,33)22(24,25)26/h1-11H,12-13H2. The normalized spacial score (nSPS) is 14.7. The second-order valence-electron chi connectivity index (χ2n) is 7.37. The maximum atomic E-state index is 12.9. The number of sulfone groups is 1. The molecule has 1 aromatic heterocycles. The number of pyridine rings is 1. The molecule has 1 fully saturated rings. The molecule has 7 nitrogen and oxygen atoms in total. The van der Waals surface area contributed by atoms with Gasteiger partial charge in [0.1, 0.15) is 6.54 Å². The predicted molar refractivity (Wildman–Crippen MR) is 118 cm³/mol. The van der Waals surface area contributed by atoms with Crippen molar-refractivity contribution in [1.29, 1.82) is 0 Å². The molecule has 0 spiro atoms. The molecule has 2 aromatic carbocycles. The maximum Gasteiger partial charge on any atom is 0.501 e. The average Bonchev–Trinajstić information content (AvgIpc) is 3.06. The van der Waals surface area contributed by atoms with E-state index in [4.69, 9.17) is 11.6 Å². The fourth-order valence-corrected chi connectivity index (χ4v) is 4.39. The zero-order valence-corrected chi connectivity index (χ0v) is 18.7. The van der Waals surface area contributed by atoms with Gasteiger partial charge in [0.05, 0.1) is 16.3 Å². The minimum absolute atomic E-state index is 0.0343. The SMILES string of the molecule is O=C1CN(Cc2ccnc(-c3cccc(Cl)c3)c2)C(=O)N1c1ccc(S(=O)(=O)C(F)(F)F)cc1. The third-order valence-electron chi connectivity index (χ3n) is 5.07. The molecule has 0 atom stereocenters. The number of aromatic nitrogens is 1. The predicted octanol–water partition coefficient (Wildman–Crippen LogP) is 4.66. The van der Waals surface area contributed by atoms with Crippen LogP contribution in [0.5, 0.6) is 0 Å². The number of urea groups is 1. The third kappa shape index (κ3) is 4.48. The summed E-state index contributed by atoms with van der Waals surface area (Å²) in [4.78, 5) is 30.7. The smallest absolute Gasteiger partial charge is 0.310 e. The van der Waals surface area contributed by atoms with Crippen LogP contribution in [0.4, 0.5) is 23.7 Å². The van der Waals surface area contributed by atoms with Gasteiger partial charge >= 0.3 is 11.5 Å². The Labute approximate surface area is 197 Å². The fraction of sp³-hybridized carbons (Fsp3) is 0.136. The summed E-state index contributed by atoms with van der Waals surface area (Å²) in [6.45, 7) is -0.173. The van der Waals surface area contributed by atoms with E-state index in [2.05, 4.69) is 4.98 Å². The number of hydrogen-bond donors (Lipinski definition) is 0. The van der Waals surface area contributed by atoms with Crippen LogP contribution in [-0.4, -0.2) is 42.3 Å². The zero-order chi connectivity index (χ0) is 24.7. The van der Waals surface area contributed by atoms with Gasteiger partial charge in [0.2, 0.25) is 0 Å². The van der Waals surface area contributed by atoms with Crippen molar-refractivity contribution in [2.45, 2.75) is 16.9 Å². The lowest BCUT2D eigenvalue weighted by atomic mass is 10.1. The molecule has 1 saturated heterocycles. The van der Waals surface area contributed by atoms with E-state index in [-0.39, 0.29) is 18.8 Å². The minimum Gasteiger partial charge on any atom is -0.310 e. The molecule has 0 N–H and O–H groups in total. The summed E-state index contributed by atoms with van der Waals surface area (Å²) >= 11 is 6.03. The molecule has 0 aliphatic carbocycles. The Morgan fingerprint density at radius 1 is 1.00 bits per heavy atom. The number of imide groups is 1. The van der Waals surface area contributed by atoms with E-state index in [1.165, 1.54) is 4.90 Å². The number of alkyl halides is 3. The second kappa shape index (κ2) is 8.73. The van der Waals surface area contributed by atoms with Crippen LogP contribution in [-0.2, 0) is 21.2 Å². The van der Waals surface area contributed by atoms with Gasteiger partial charge in [-0.2, -0.15) is 13.2 Å². The first kappa shape index (κ1) is 23.7. The van der Waals surface area contributed by atoms with Crippen molar-refractivity contribution in [3.63, 3.8) is 0 Å². The van der Waals surface area contributed by atoms with Crippen molar-refractivity contribution in [3.05, 3.63) is 77.4 Å². The molecule has 1 aliphatic rings. The largest absolute Gasteiger partial charge is 0.501 e. The van der Waals surface area contributed by atoms with Crippen molar-refractivity contribution in [3.8, 4) is 11.3 Å². The summed E-state index contributed by atoms with van der Waals surface area (Å²) in [7, 11) is -5.54. The second-order valence-corrected chi connectivity index (χ2v) is 9.75. The minimum atomic E-state index is -5.54. The summed E-state index contributed by atoms with van der Waals surface area (Å²) in [6, 6.07) is 13.2. The van der Waals surface area contributed by atoms with Crippen LogP contribution in [0.3, 0.4) is 0 Å². The fourth-order valence-electron chi connectivity index (χ4n) is 3.43. The van der Waals surface area contributed by atoms with E-state index in [0.717, 1.165) is 22.6 Å². The quantitative estimate of drug-likeness (QED) is 0.467. The molecule has 34 heavy (non-hydrogen) atoms. The molecule has 0 radical (unpaired) electrons. The van der Waals surface area contributed by atoms with Crippen LogP contribution in [0.1, 0.15) is 5.56 Å². The van der Waals surface area contributed by atoms with Crippen LogP contribution < -0.4 is 4.90 Å². The van der Waals surface area contributed by atoms with E-state index < -0.39 is 32.2 Å². The van der Waals surface area contributed by atoms with Crippen LogP contribution in [0.15, 0.2) is 71.8 Å². The van der Waals surface area contributed by atoms with Gasteiger partial charge in [-0.3, -0.25) is 9.78 Å². The lowest BCUT2D eigenvalue weighted by Gasteiger charge is -2.18. The Hall–Kier alpha value is -3.44. The Balaban J connectivity index is 1.53. The van der Waals surface area contributed by atoms with Crippen LogP contribution in [0.25, 0.3) is 11.3 Å². The number of carbonyl (C=O) groups is 2. The molecule has 2 heterocycles. The highest BCUT2D eigenvalue weighted by Gasteiger charge is 2.47. The van der Waals surface area contributed by atoms with E-state index in [0.29, 0.717) is 28.4 Å². The highest BCUT2D eigenvalue weighted by molar-refractivity contribution is 7.92. The molecular weight excluding hydrogens is 495 g/mol. The highest BCUT2D eigenvalue weighted by atomic mass is 35.5. The van der Waals surface area contributed by atoms with Crippen LogP contribution in [0, 0.1) is 0 Å². The molecule has 12 heteroatoms. The Morgan fingerprint density at radius 2 is 1.71 bits per heavy atom. The number of amides is 3. The monoisotopic (exact) mass is 509 g/mol. The first-order chi connectivity index (χ1) is 16.0. The molecule has 0 bridgehead atoms. The number of anilines is 1. The lowest BCUT2D eigenvalue weighted by molar-refractivity contribution is -0.116. The summed E-state index contributed by atoms with van der Waals surface area (Å²) in [5.74, 6) is -0.597. The van der Waals surface area contributed by atoms with Crippen molar-refractivity contribution in [1.82, 2.24) is 9.88 Å². The number of hydrogen-bond acceptors (Lipinski definition) is 5. The van der Waals surface area contributed by atoms with Gasteiger partial charge in [0.15, 0.2) is 0 Å². The molecule has 176 valence electrons. The van der Waals surface area contributed by atoms with Gasteiger partial charge in [-0.1, -0.05) is 23.7 Å². The first-order valence-electron chi connectivity index (χ1n) is 9.71. The first-order valence-corrected chi connectivity index (χ1v) is 11.6. The molecule has 4 rings (SSSR count). The van der Waals surface area contributed by atoms with Crippen LogP contribution in [0.2, 0.25) is 5.02 Å². The van der Waals surface area contributed by atoms with Crippen molar-refractivity contribution in [2.24, 2.45) is 0 Å². The summed E-state index contributed by atoms with van der Waals surface area (Å²) in [5, 5.41) is 0.537. The molecular formula is C22H15ClF3N3O4S. The van der Waals surface area contributed by atoms with Crippen molar-refractivity contribution in [2.75, 3.05) is 11.4 Å². The lowest BCUT2D eigenvalue weighted by Crippen LogP contribution is -2.32. The van der Waals surface area contributed by atoms with Crippen molar-refractivity contribution < 1.29 is 31.2 Å². The van der Waals surface area contributed by atoms with Gasteiger partial charge in [0.25, 0.3) is 15.7 Å². The topological polar surface area (TPSA) is 87.7 Å². The molecule has 0 unspecified atom stereocenters. The number of nitrogens with zero attached hydrogens (tertiary/aromatic N) is 3. The summed E-state index contributed by atoms with van der Waals surface area (Å²) in [6.07, 6.45) is 1.56. The highest BCUT2D eigenvalue weighted by Crippen LogP contribution is 2.32. The Morgan fingerprint density at radius 3 is 2.35 bits per heavy atom. The van der Waals surface area contributed by atoms with Gasteiger partial charge in [-0.25, -0.2) is 18.1 Å². The zero-order valence-electron chi connectivity index (χ0n) is 17.2. The Bertz CT molecular complexity index is 1380. The van der Waals surface area contributed by atoms with Gasteiger partial charge in [-0.15, -0.1) is 0 Å². The number of benzene rings is 2. The molecule has 1 aliphatic heterocycles. The number of carbonyl (C=O) groups excluding carboxylic acids is 2. The van der Waals surface area contributed by atoms with Gasteiger partial charge in [0, 0.05) is 23.3 Å². The molecule has 3 aromatic rings. The van der Waals surface area contributed by atoms with Crippen molar-refractivity contribution >= 4 is 39.1 Å². The Kier molecular flexibility index (Phi) is 6.09.